The van der Waals surface area contributed by atoms with Crippen LogP contribution in [-0.2, 0) is 0 Å². The van der Waals surface area contributed by atoms with Crippen LogP contribution in [0.3, 0.4) is 0 Å². The van der Waals surface area contributed by atoms with Crippen molar-refractivity contribution in [2.75, 3.05) is 11.9 Å². The molecule has 0 aliphatic heterocycles. The van der Waals surface area contributed by atoms with Gasteiger partial charge in [0.15, 0.2) is 0 Å². The Morgan fingerprint density at radius 1 is 1.53 bits per heavy atom. The van der Waals surface area contributed by atoms with Crippen LogP contribution in [0.4, 0.5) is 5.82 Å². The van der Waals surface area contributed by atoms with E-state index in [1.54, 1.807) is 6.07 Å². The first-order valence-corrected chi connectivity index (χ1v) is 4.95. The van der Waals surface area contributed by atoms with E-state index < -0.39 is 0 Å². The lowest BCUT2D eigenvalue weighted by Gasteiger charge is -2.10. The monoisotopic (exact) mass is 207 g/mol. The Morgan fingerprint density at radius 3 is 2.87 bits per heavy atom. The molecule has 0 aliphatic rings. The molecule has 0 amide bonds. The number of aromatic nitrogens is 2. The zero-order chi connectivity index (χ0) is 11.3. The fourth-order valence-electron chi connectivity index (χ4n) is 0.984. The Hall–Kier alpha value is -1.58. The zero-order valence-corrected chi connectivity index (χ0v) is 9.45. The summed E-state index contributed by atoms with van der Waals surface area (Å²) in [6.07, 6.45) is 1.60. The lowest BCUT2D eigenvalue weighted by atomic mass is 10.3. The molecule has 0 saturated carbocycles. The van der Waals surface area contributed by atoms with E-state index in [-0.39, 0.29) is 6.10 Å². The van der Waals surface area contributed by atoms with Crippen LogP contribution >= 0.6 is 0 Å². The first kappa shape index (κ1) is 11.5. The second-order valence-electron chi connectivity index (χ2n) is 3.72. The summed E-state index contributed by atoms with van der Waals surface area (Å²) < 4.78 is 5.45. The molecule has 1 aromatic rings. The van der Waals surface area contributed by atoms with Crippen LogP contribution in [0.2, 0.25) is 0 Å². The topological polar surface area (TPSA) is 47.0 Å². The van der Waals surface area contributed by atoms with Crippen LogP contribution in [0, 0.1) is 0 Å². The Labute approximate surface area is 90.4 Å². The van der Waals surface area contributed by atoms with Crippen molar-refractivity contribution in [1.82, 2.24) is 9.97 Å². The van der Waals surface area contributed by atoms with Gasteiger partial charge in [-0.25, -0.2) is 9.97 Å². The van der Waals surface area contributed by atoms with Gasteiger partial charge in [0, 0.05) is 12.6 Å². The van der Waals surface area contributed by atoms with Crippen LogP contribution in [0.25, 0.3) is 0 Å². The molecule has 1 heterocycles. The number of hydrogen-bond donors (Lipinski definition) is 1. The normalized spacial score (nSPS) is 10.1. The van der Waals surface area contributed by atoms with Gasteiger partial charge in [0.2, 0.25) is 5.88 Å². The molecule has 0 bridgehead atoms. The average molecular weight is 207 g/mol. The molecular weight excluding hydrogens is 190 g/mol. The number of anilines is 1. The van der Waals surface area contributed by atoms with Crippen LogP contribution in [0.5, 0.6) is 5.88 Å². The maximum absolute atomic E-state index is 5.45. The van der Waals surface area contributed by atoms with Gasteiger partial charge < -0.3 is 10.1 Å². The van der Waals surface area contributed by atoms with Crippen molar-refractivity contribution >= 4 is 5.82 Å². The summed E-state index contributed by atoms with van der Waals surface area (Å²) in [6.45, 7) is 10.4. The molecule has 1 N–H and O–H groups in total. The van der Waals surface area contributed by atoms with E-state index in [2.05, 4.69) is 21.9 Å². The van der Waals surface area contributed by atoms with Crippen molar-refractivity contribution in [2.24, 2.45) is 0 Å². The summed E-state index contributed by atoms with van der Waals surface area (Å²) in [4.78, 5) is 8.09. The van der Waals surface area contributed by atoms with E-state index in [0.29, 0.717) is 12.4 Å². The number of nitrogens with zero attached hydrogens (tertiary/aromatic N) is 2. The lowest BCUT2D eigenvalue weighted by Crippen LogP contribution is -2.09. The minimum absolute atomic E-state index is 0.119. The minimum atomic E-state index is 0.119. The van der Waals surface area contributed by atoms with Crippen molar-refractivity contribution in [2.45, 2.75) is 26.9 Å². The summed E-state index contributed by atoms with van der Waals surface area (Å²) in [6, 6.07) is 1.78. The summed E-state index contributed by atoms with van der Waals surface area (Å²) in [5, 5.41) is 3.13. The van der Waals surface area contributed by atoms with Crippen LogP contribution in [-0.4, -0.2) is 22.6 Å². The highest BCUT2D eigenvalue weighted by Crippen LogP contribution is 2.12. The highest BCUT2D eigenvalue weighted by Gasteiger charge is 2.01. The van der Waals surface area contributed by atoms with Crippen LogP contribution < -0.4 is 10.1 Å². The molecular formula is C11H17N3O. The van der Waals surface area contributed by atoms with Crippen LogP contribution in [0.15, 0.2) is 24.5 Å². The van der Waals surface area contributed by atoms with Gasteiger partial charge in [-0.15, -0.1) is 0 Å². The maximum Gasteiger partial charge on any atom is 0.218 e. The molecule has 4 nitrogen and oxygen atoms in total. The molecule has 0 atom stereocenters. The van der Waals surface area contributed by atoms with Gasteiger partial charge >= 0.3 is 0 Å². The maximum atomic E-state index is 5.45. The standard InChI is InChI=1S/C11H17N3O/c1-8(2)6-12-10-5-11(14-7-13-10)15-9(3)4/h5,7,9H,1,6H2,2-4H3,(H,12,13,14). The highest BCUT2D eigenvalue weighted by molar-refractivity contribution is 5.38. The first-order valence-electron chi connectivity index (χ1n) is 4.95. The summed E-state index contributed by atoms with van der Waals surface area (Å²) in [5.41, 5.74) is 1.06. The Bertz CT molecular complexity index is 336. The summed E-state index contributed by atoms with van der Waals surface area (Å²) >= 11 is 0. The average Bonchev–Trinajstić information content (AvgIpc) is 2.14. The van der Waals surface area contributed by atoms with E-state index in [9.17, 15) is 0 Å². The molecule has 15 heavy (non-hydrogen) atoms. The van der Waals surface area contributed by atoms with Crippen molar-refractivity contribution in [1.29, 1.82) is 0 Å². The van der Waals surface area contributed by atoms with Crippen molar-refractivity contribution in [3.63, 3.8) is 0 Å². The second-order valence-corrected chi connectivity index (χ2v) is 3.72. The third-order valence-corrected chi connectivity index (χ3v) is 1.57. The number of ether oxygens (including phenoxy) is 1. The van der Waals surface area contributed by atoms with Crippen LogP contribution in [0.1, 0.15) is 20.8 Å². The molecule has 4 heteroatoms. The summed E-state index contributed by atoms with van der Waals surface area (Å²) in [7, 11) is 0. The number of hydrogen-bond acceptors (Lipinski definition) is 4. The van der Waals surface area contributed by atoms with Crippen molar-refractivity contribution in [3.8, 4) is 5.88 Å². The van der Waals surface area contributed by atoms with E-state index in [1.807, 2.05) is 20.8 Å². The Kier molecular flexibility index (Phi) is 4.09. The number of rotatable bonds is 5. The van der Waals surface area contributed by atoms with Gasteiger partial charge in [-0.1, -0.05) is 12.2 Å². The minimum Gasteiger partial charge on any atom is -0.475 e. The van der Waals surface area contributed by atoms with Gasteiger partial charge in [-0.2, -0.15) is 0 Å². The van der Waals surface area contributed by atoms with E-state index in [0.717, 1.165) is 11.4 Å². The zero-order valence-electron chi connectivity index (χ0n) is 9.45. The Morgan fingerprint density at radius 2 is 2.27 bits per heavy atom. The fraction of sp³-hybridized carbons (Fsp3) is 0.455. The fourth-order valence-corrected chi connectivity index (χ4v) is 0.984. The molecule has 0 fully saturated rings. The molecule has 0 saturated heterocycles. The predicted molar refractivity (Wildman–Crippen MR) is 61.1 cm³/mol. The predicted octanol–water partition coefficient (Wildman–Crippen LogP) is 2.25. The molecule has 0 aliphatic carbocycles. The largest absolute Gasteiger partial charge is 0.475 e. The van der Waals surface area contributed by atoms with Gasteiger partial charge in [-0.3, -0.25) is 0 Å². The van der Waals surface area contributed by atoms with E-state index in [4.69, 9.17) is 4.74 Å². The SMILES string of the molecule is C=C(C)CNc1cc(OC(C)C)ncn1. The van der Waals surface area contributed by atoms with Crippen molar-refractivity contribution < 1.29 is 4.74 Å². The smallest absolute Gasteiger partial charge is 0.218 e. The first-order chi connectivity index (χ1) is 7.08. The summed E-state index contributed by atoms with van der Waals surface area (Å²) in [5.74, 6) is 1.34. The van der Waals surface area contributed by atoms with Gasteiger partial charge in [0.25, 0.3) is 0 Å². The second kappa shape index (κ2) is 5.34. The third kappa shape index (κ3) is 4.44. The van der Waals surface area contributed by atoms with Gasteiger partial charge in [-0.05, 0) is 20.8 Å². The van der Waals surface area contributed by atoms with Gasteiger partial charge in [0.05, 0.1) is 6.10 Å². The lowest BCUT2D eigenvalue weighted by molar-refractivity contribution is 0.232. The Balaban J connectivity index is 2.61. The third-order valence-electron chi connectivity index (χ3n) is 1.57. The van der Waals surface area contributed by atoms with E-state index in [1.165, 1.54) is 6.33 Å². The van der Waals surface area contributed by atoms with Gasteiger partial charge in [0.1, 0.15) is 12.1 Å². The number of nitrogens with one attached hydrogen (secondary N) is 1. The quantitative estimate of drug-likeness (QED) is 0.752. The molecule has 0 radical (unpaired) electrons. The van der Waals surface area contributed by atoms with E-state index >= 15 is 0 Å². The molecule has 0 spiro atoms. The van der Waals surface area contributed by atoms with Crippen molar-refractivity contribution in [3.05, 3.63) is 24.5 Å². The highest BCUT2D eigenvalue weighted by atomic mass is 16.5. The molecule has 1 aromatic heterocycles. The molecule has 1 rings (SSSR count). The molecule has 0 unspecified atom stereocenters. The molecule has 0 aromatic carbocycles. The molecule has 82 valence electrons.